The Morgan fingerprint density at radius 1 is 1.32 bits per heavy atom. The molecule has 0 saturated carbocycles. The predicted molar refractivity (Wildman–Crippen MR) is 77.1 cm³/mol. The van der Waals surface area contributed by atoms with Crippen LogP contribution in [0.5, 0.6) is 0 Å². The Labute approximate surface area is 116 Å². The summed E-state index contributed by atoms with van der Waals surface area (Å²) in [5, 5.41) is 3.69. The lowest BCUT2D eigenvalue weighted by Crippen LogP contribution is -2.22. The summed E-state index contributed by atoms with van der Waals surface area (Å²) < 4.78 is 0. The Hall–Kier alpha value is -1.72. The molecule has 1 amide bonds. The number of nitrogens with two attached hydrogens (primary N) is 1. The smallest absolute Gasteiger partial charge is 0.263 e. The van der Waals surface area contributed by atoms with Crippen LogP contribution in [0.3, 0.4) is 0 Å². The van der Waals surface area contributed by atoms with E-state index in [-0.39, 0.29) is 5.91 Å². The largest absolute Gasteiger partial charge is 0.347 e. The second kappa shape index (κ2) is 5.95. The van der Waals surface area contributed by atoms with Gasteiger partial charge in [0.1, 0.15) is 9.88 Å². The maximum Gasteiger partial charge on any atom is 0.263 e. The van der Waals surface area contributed by atoms with Crippen molar-refractivity contribution in [3.63, 3.8) is 0 Å². The van der Waals surface area contributed by atoms with Gasteiger partial charge in [-0.25, -0.2) is 4.98 Å². The Bertz CT molecular complexity index is 575. The molecule has 0 fully saturated rings. The summed E-state index contributed by atoms with van der Waals surface area (Å²) in [6, 6.07) is 8.10. The van der Waals surface area contributed by atoms with Crippen molar-refractivity contribution in [2.45, 2.75) is 26.9 Å². The highest BCUT2D eigenvalue weighted by Crippen LogP contribution is 2.17. The minimum Gasteiger partial charge on any atom is -0.347 e. The number of hydrogen-bond donors (Lipinski definition) is 2. The summed E-state index contributed by atoms with van der Waals surface area (Å²) in [7, 11) is 0. The highest BCUT2D eigenvalue weighted by molar-refractivity contribution is 7.13. The van der Waals surface area contributed by atoms with Gasteiger partial charge in [-0.2, -0.15) is 0 Å². The average molecular weight is 275 g/mol. The Balaban J connectivity index is 2.01. The van der Waals surface area contributed by atoms with E-state index in [0.29, 0.717) is 18.0 Å². The molecule has 0 saturated heterocycles. The SMILES string of the molecule is Cc1ccc(CNC(=O)c2sc(CN)nc2C)cc1. The zero-order chi connectivity index (χ0) is 13.8. The quantitative estimate of drug-likeness (QED) is 0.898. The van der Waals surface area contributed by atoms with Crippen molar-refractivity contribution in [1.29, 1.82) is 0 Å². The first-order chi connectivity index (χ1) is 9.10. The summed E-state index contributed by atoms with van der Waals surface area (Å²) in [6.45, 7) is 4.76. The first-order valence-electron chi connectivity index (χ1n) is 6.10. The molecule has 0 aliphatic carbocycles. The number of rotatable bonds is 4. The summed E-state index contributed by atoms with van der Waals surface area (Å²) in [6.07, 6.45) is 0. The van der Waals surface area contributed by atoms with Crippen LogP contribution in [-0.4, -0.2) is 10.9 Å². The molecular weight excluding hydrogens is 258 g/mol. The minimum absolute atomic E-state index is 0.0877. The summed E-state index contributed by atoms with van der Waals surface area (Å²) in [5.41, 5.74) is 8.56. The van der Waals surface area contributed by atoms with E-state index in [1.165, 1.54) is 16.9 Å². The molecule has 5 heteroatoms. The number of benzene rings is 1. The average Bonchev–Trinajstić information content (AvgIpc) is 2.79. The van der Waals surface area contributed by atoms with E-state index in [0.717, 1.165) is 16.3 Å². The van der Waals surface area contributed by atoms with E-state index < -0.39 is 0 Å². The molecule has 0 radical (unpaired) electrons. The minimum atomic E-state index is -0.0877. The zero-order valence-electron chi connectivity index (χ0n) is 11.1. The van der Waals surface area contributed by atoms with Crippen molar-refractivity contribution in [2.24, 2.45) is 5.73 Å². The maximum atomic E-state index is 12.1. The number of carbonyl (C=O) groups is 1. The number of nitrogens with one attached hydrogen (secondary N) is 1. The van der Waals surface area contributed by atoms with Gasteiger partial charge in [0, 0.05) is 13.1 Å². The van der Waals surface area contributed by atoms with Crippen molar-refractivity contribution in [3.05, 3.63) is 51.0 Å². The van der Waals surface area contributed by atoms with Crippen LogP contribution in [0.2, 0.25) is 0 Å². The lowest BCUT2D eigenvalue weighted by Gasteiger charge is -2.04. The van der Waals surface area contributed by atoms with Gasteiger partial charge >= 0.3 is 0 Å². The number of thiazole rings is 1. The van der Waals surface area contributed by atoms with Crippen molar-refractivity contribution in [2.75, 3.05) is 0 Å². The van der Waals surface area contributed by atoms with Gasteiger partial charge in [-0.3, -0.25) is 4.79 Å². The highest BCUT2D eigenvalue weighted by atomic mass is 32.1. The molecule has 1 heterocycles. The molecule has 19 heavy (non-hydrogen) atoms. The number of hydrogen-bond acceptors (Lipinski definition) is 4. The van der Waals surface area contributed by atoms with Crippen LogP contribution in [0.1, 0.15) is 31.5 Å². The summed E-state index contributed by atoms with van der Waals surface area (Å²) in [4.78, 5) is 16.9. The van der Waals surface area contributed by atoms with Crippen LogP contribution in [0.4, 0.5) is 0 Å². The third-order valence-corrected chi connectivity index (χ3v) is 3.97. The standard InChI is InChI=1S/C14H17N3OS/c1-9-3-5-11(6-4-9)8-16-14(18)13-10(2)17-12(7-15)19-13/h3-6H,7-8,15H2,1-2H3,(H,16,18). The van der Waals surface area contributed by atoms with E-state index in [2.05, 4.69) is 10.3 Å². The molecule has 0 bridgehead atoms. The molecule has 0 spiro atoms. The lowest BCUT2D eigenvalue weighted by atomic mass is 10.1. The van der Waals surface area contributed by atoms with E-state index in [9.17, 15) is 4.79 Å². The van der Waals surface area contributed by atoms with Gasteiger partial charge in [0.2, 0.25) is 0 Å². The second-order valence-electron chi connectivity index (χ2n) is 4.39. The van der Waals surface area contributed by atoms with Crippen LogP contribution < -0.4 is 11.1 Å². The normalized spacial score (nSPS) is 10.5. The third kappa shape index (κ3) is 3.39. The Morgan fingerprint density at radius 3 is 2.58 bits per heavy atom. The molecule has 1 aromatic carbocycles. The molecule has 0 unspecified atom stereocenters. The predicted octanol–water partition coefficient (Wildman–Crippen LogP) is 2.15. The monoisotopic (exact) mass is 275 g/mol. The van der Waals surface area contributed by atoms with Crippen molar-refractivity contribution >= 4 is 17.2 Å². The molecule has 100 valence electrons. The van der Waals surface area contributed by atoms with Gasteiger partial charge in [-0.05, 0) is 19.4 Å². The van der Waals surface area contributed by atoms with Crippen LogP contribution in [0.15, 0.2) is 24.3 Å². The first kappa shape index (κ1) is 13.7. The number of aromatic nitrogens is 1. The van der Waals surface area contributed by atoms with Crippen LogP contribution in [-0.2, 0) is 13.1 Å². The lowest BCUT2D eigenvalue weighted by molar-refractivity contribution is 0.0954. The zero-order valence-corrected chi connectivity index (χ0v) is 11.9. The fourth-order valence-electron chi connectivity index (χ4n) is 1.72. The van der Waals surface area contributed by atoms with Gasteiger partial charge in [-0.1, -0.05) is 29.8 Å². The third-order valence-electron chi connectivity index (χ3n) is 2.80. The van der Waals surface area contributed by atoms with Crippen LogP contribution in [0.25, 0.3) is 0 Å². The molecule has 0 aliphatic heterocycles. The maximum absolute atomic E-state index is 12.1. The Morgan fingerprint density at radius 2 is 2.00 bits per heavy atom. The van der Waals surface area contributed by atoms with Gasteiger partial charge in [0.15, 0.2) is 0 Å². The number of carbonyl (C=O) groups excluding carboxylic acids is 1. The fraction of sp³-hybridized carbons (Fsp3) is 0.286. The molecule has 2 rings (SSSR count). The highest BCUT2D eigenvalue weighted by Gasteiger charge is 2.14. The summed E-state index contributed by atoms with van der Waals surface area (Å²) >= 11 is 1.36. The van der Waals surface area contributed by atoms with Crippen molar-refractivity contribution in [1.82, 2.24) is 10.3 Å². The molecule has 2 aromatic rings. The molecule has 0 aliphatic rings. The molecule has 1 aromatic heterocycles. The molecule has 3 N–H and O–H groups in total. The first-order valence-corrected chi connectivity index (χ1v) is 6.92. The second-order valence-corrected chi connectivity index (χ2v) is 5.48. The Kier molecular flexibility index (Phi) is 4.29. The van der Waals surface area contributed by atoms with Gasteiger partial charge in [-0.15, -0.1) is 11.3 Å². The van der Waals surface area contributed by atoms with Gasteiger partial charge in [0.05, 0.1) is 5.69 Å². The van der Waals surface area contributed by atoms with E-state index in [4.69, 9.17) is 5.73 Å². The van der Waals surface area contributed by atoms with E-state index in [1.807, 2.05) is 38.1 Å². The van der Waals surface area contributed by atoms with E-state index in [1.54, 1.807) is 0 Å². The van der Waals surface area contributed by atoms with Gasteiger partial charge in [0.25, 0.3) is 5.91 Å². The number of nitrogens with zero attached hydrogens (tertiary/aromatic N) is 1. The van der Waals surface area contributed by atoms with Crippen molar-refractivity contribution < 1.29 is 4.79 Å². The van der Waals surface area contributed by atoms with Crippen LogP contribution >= 0.6 is 11.3 Å². The molecule has 4 nitrogen and oxygen atoms in total. The molecule has 0 atom stereocenters. The topological polar surface area (TPSA) is 68.0 Å². The number of aryl methyl sites for hydroxylation is 2. The summed E-state index contributed by atoms with van der Waals surface area (Å²) in [5.74, 6) is -0.0877. The van der Waals surface area contributed by atoms with E-state index >= 15 is 0 Å². The van der Waals surface area contributed by atoms with Crippen molar-refractivity contribution in [3.8, 4) is 0 Å². The van der Waals surface area contributed by atoms with Gasteiger partial charge < -0.3 is 11.1 Å². The molecular formula is C14H17N3OS. The van der Waals surface area contributed by atoms with Crippen LogP contribution in [0, 0.1) is 13.8 Å². The fourth-order valence-corrected chi connectivity index (χ4v) is 2.58. The number of amides is 1.